The molecule has 1 atom stereocenters. The maximum Gasteiger partial charge on any atom is 0.225 e. The van der Waals surface area contributed by atoms with Crippen molar-refractivity contribution in [3.8, 4) is 0 Å². The van der Waals surface area contributed by atoms with Gasteiger partial charge in [-0.1, -0.05) is 0 Å². The highest BCUT2D eigenvalue weighted by atomic mass is 16.5. The van der Waals surface area contributed by atoms with Crippen molar-refractivity contribution in [2.45, 2.75) is 44.6 Å². The number of carbonyl (C=O) groups excluding carboxylic acids is 1. The second kappa shape index (κ2) is 7.10. The molecule has 104 valence electrons. The molecule has 2 fully saturated rings. The summed E-state index contributed by atoms with van der Waals surface area (Å²) < 4.78 is 5.71. The maximum absolute atomic E-state index is 12.2. The molecule has 2 saturated heterocycles. The normalized spacial score (nSPS) is 25.9. The molecule has 0 unspecified atom stereocenters. The number of ether oxygens (including phenoxy) is 1. The van der Waals surface area contributed by atoms with Gasteiger partial charge >= 0.3 is 0 Å². The van der Waals surface area contributed by atoms with E-state index in [0.717, 1.165) is 51.9 Å². The fourth-order valence-electron chi connectivity index (χ4n) is 2.86. The highest BCUT2D eigenvalue weighted by molar-refractivity contribution is 5.78. The second-order valence-electron chi connectivity index (χ2n) is 5.56. The lowest BCUT2D eigenvalue weighted by Gasteiger charge is -2.29. The smallest absolute Gasteiger partial charge is 0.225 e. The topological polar surface area (TPSA) is 41.6 Å². The first-order valence-corrected chi connectivity index (χ1v) is 7.34. The lowest BCUT2D eigenvalue weighted by atomic mass is 9.96. The van der Waals surface area contributed by atoms with Crippen LogP contribution in [0.2, 0.25) is 0 Å². The van der Waals surface area contributed by atoms with E-state index in [0.29, 0.717) is 12.0 Å². The van der Waals surface area contributed by atoms with Gasteiger partial charge in [-0.05, 0) is 51.6 Å². The monoisotopic (exact) mass is 254 g/mol. The van der Waals surface area contributed by atoms with Gasteiger partial charge in [-0.2, -0.15) is 0 Å². The van der Waals surface area contributed by atoms with Crippen LogP contribution in [0.3, 0.4) is 0 Å². The van der Waals surface area contributed by atoms with Gasteiger partial charge in [-0.3, -0.25) is 4.79 Å². The molecule has 0 aliphatic carbocycles. The first kappa shape index (κ1) is 13.8. The molecule has 0 aromatic carbocycles. The van der Waals surface area contributed by atoms with E-state index < -0.39 is 0 Å². The Balaban J connectivity index is 1.69. The van der Waals surface area contributed by atoms with Gasteiger partial charge in [0, 0.05) is 26.1 Å². The lowest BCUT2D eigenvalue weighted by Crippen LogP contribution is -2.40. The minimum absolute atomic E-state index is 0.239. The molecule has 1 amide bonds. The summed E-state index contributed by atoms with van der Waals surface area (Å²) >= 11 is 0. The molecule has 0 spiro atoms. The third kappa shape index (κ3) is 3.95. The van der Waals surface area contributed by atoms with Crippen molar-refractivity contribution in [2.24, 2.45) is 5.92 Å². The molecule has 0 aromatic rings. The molecule has 2 aliphatic heterocycles. The Kier molecular flexibility index (Phi) is 5.45. The SMILES string of the molecule is CN(CC[C@H]1CCCCO1)C(=O)C1CCNCC1. The third-order valence-corrected chi connectivity index (χ3v) is 4.13. The zero-order valence-electron chi connectivity index (χ0n) is 11.5. The van der Waals surface area contributed by atoms with Crippen molar-refractivity contribution < 1.29 is 9.53 Å². The minimum Gasteiger partial charge on any atom is -0.378 e. The van der Waals surface area contributed by atoms with E-state index in [1.807, 2.05) is 11.9 Å². The van der Waals surface area contributed by atoms with E-state index in [2.05, 4.69) is 5.32 Å². The molecule has 1 N–H and O–H groups in total. The third-order valence-electron chi connectivity index (χ3n) is 4.13. The molecule has 0 radical (unpaired) electrons. The molecular formula is C14H26N2O2. The molecule has 0 bridgehead atoms. The predicted octanol–water partition coefficient (Wildman–Crippen LogP) is 1.40. The van der Waals surface area contributed by atoms with Crippen molar-refractivity contribution in [1.29, 1.82) is 0 Å². The van der Waals surface area contributed by atoms with Crippen LogP contribution in [-0.2, 0) is 9.53 Å². The quantitative estimate of drug-likeness (QED) is 0.824. The largest absolute Gasteiger partial charge is 0.378 e. The van der Waals surface area contributed by atoms with Gasteiger partial charge in [0.15, 0.2) is 0 Å². The molecule has 0 saturated carbocycles. The number of piperidine rings is 1. The van der Waals surface area contributed by atoms with E-state index in [4.69, 9.17) is 4.74 Å². The lowest BCUT2D eigenvalue weighted by molar-refractivity contribution is -0.135. The highest BCUT2D eigenvalue weighted by Crippen LogP contribution is 2.18. The van der Waals surface area contributed by atoms with Crippen LogP contribution in [0.15, 0.2) is 0 Å². The van der Waals surface area contributed by atoms with Crippen LogP contribution in [0, 0.1) is 5.92 Å². The number of carbonyl (C=O) groups is 1. The van der Waals surface area contributed by atoms with Gasteiger partial charge in [0.25, 0.3) is 0 Å². The van der Waals surface area contributed by atoms with Crippen LogP contribution < -0.4 is 5.32 Å². The number of rotatable bonds is 4. The Hall–Kier alpha value is -0.610. The summed E-state index contributed by atoms with van der Waals surface area (Å²) in [5.41, 5.74) is 0. The number of hydrogen-bond donors (Lipinski definition) is 1. The standard InChI is InChI=1S/C14H26N2O2/c1-16(10-7-13-4-2-3-11-18-13)14(17)12-5-8-15-9-6-12/h12-13,15H,2-11H2,1H3/t13-/m1/s1. The van der Waals surface area contributed by atoms with Crippen LogP contribution >= 0.6 is 0 Å². The number of hydrogen-bond acceptors (Lipinski definition) is 3. The van der Waals surface area contributed by atoms with Gasteiger partial charge in [0.05, 0.1) is 6.10 Å². The molecule has 2 rings (SSSR count). The van der Waals surface area contributed by atoms with E-state index >= 15 is 0 Å². The summed E-state index contributed by atoms with van der Waals surface area (Å²) in [7, 11) is 1.94. The van der Waals surface area contributed by atoms with Gasteiger partial charge < -0.3 is 15.0 Å². The summed E-state index contributed by atoms with van der Waals surface area (Å²) in [6.45, 7) is 3.70. The summed E-state index contributed by atoms with van der Waals surface area (Å²) in [4.78, 5) is 14.1. The Morgan fingerprint density at radius 3 is 2.72 bits per heavy atom. The molecule has 4 nitrogen and oxygen atoms in total. The molecular weight excluding hydrogens is 228 g/mol. The van der Waals surface area contributed by atoms with Crippen molar-refractivity contribution in [3.05, 3.63) is 0 Å². The second-order valence-corrected chi connectivity index (χ2v) is 5.56. The first-order chi connectivity index (χ1) is 8.77. The molecule has 2 heterocycles. The molecule has 2 aliphatic rings. The fourth-order valence-corrected chi connectivity index (χ4v) is 2.86. The highest BCUT2D eigenvalue weighted by Gasteiger charge is 2.24. The van der Waals surface area contributed by atoms with Crippen LogP contribution in [0.1, 0.15) is 38.5 Å². The number of amides is 1. The Morgan fingerprint density at radius 1 is 1.28 bits per heavy atom. The summed E-state index contributed by atoms with van der Waals surface area (Å²) in [6, 6.07) is 0. The predicted molar refractivity (Wildman–Crippen MR) is 71.4 cm³/mol. The van der Waals surface area contributed by atoms with Crippen molar-refractivity contribution in [1.82, 2.24) is 10.2 Å². The van der Waals surface area contributed by atoms with E-state index in [1.54, 1.807) is 0 Å². The van der Waals surface area contributed by atoms with Crippen LogP contribution in [0.5, 0.6) is 0 Å². The van der Waals surface area contributed by atoms with E-state index in [-0.39, 0.29) is 5.92 Å². The molecule has 0 aromatic heterocycles. The zero-order valence-corrected chi connectivity index (χ0v) is 11.5. The summed E-state index contributed by atoms with van der Waals surface area (Å²) in [5, 5.41) is 3.30. The number of nitrogens with one attached hydrogen (secondary N) is 1. The van der Waals surface area contributed by atoms with Gasteiger partial charge in [-0.25, -0.2) is 0 Å². The van der Waals surface area contributed by atoms with Gasteiger partial charge in [-0.15, -0.1) is 0 Å². The van der Waals surface area contributed by atoms with Crippen molar-refractivity contribution in [3.63, 3.8) is 0 Å². The van der Waals surface area contributed by atoms with Crippen LogP contribution in [-0.4, -0.2) is 50.2 Å². The van der Waals surface area contributed by atoms with E-state index in [9.17, 15) is 4.79 Å². The van der Waals surface area contributed by atoms with Crippen molar-refractivity contribution >= 4 is 5.91 Å². The molecule has 4 heteroatoms. The first-order valence-electron chi connectivity index (χ1n) is 7.34. The summed E-state index contributed by atoms with van der Waals surface area (Å²) in [6.07, 6.45) is 6.98. The number of nitrogens with zero attached hydrogens (tertiary/aromatic N) is 1. The Bertz CT molecular complexity index is 259. The zero-order chi connectivity index (χ0) is 12.8. The summed E-state index contributed by atoms with van der Waals surface area (Å²) in [5.74, 6) is 0.566. The van der Waals surface area contributed by atoms with Crippen molar-refractivity contribution in [2.75, 3.05) is 33.3 Å². The van der Waals surface area contributed by atoms with Crippen LogP contribution in [0.25, 0.3) is 0 Å². The minimum atomic E-state index is 0.239. The van der Waals surface area contributed by atoms with Crippen LogP contribution in [0.4, 0.5) is 0 Å². The maximum atomic E-state index is 12.2. The average molecular weight is 254 g/mol. The Labute approximate surface area is 110 Å². The van der Waals surface area contributed by atoms with E-state index in [1.165, 1.54) is 12.8 Å². The van der Waals surface area contributed by atoms with Gasteiger partial charge in [0.1, 0.15) is 0 Å². The molecule has 18 heavy (non-hydrogen) atoms. The fraction of sp³-hybridized carbons (Fsp3) is 0.929. The average Bonchev–Trinajstić information content (AvgIpc) is 2.46. The van der Waals surface area contributed by atoms with Gasteiger partial charge in [0.2, 0.25) is 5.91 Å². The Morgan fingerprint density at radius 2 is 2.06 bits per heavy atom.